The lowest BCUT2D eigenvalue weighted by molar-refractivity contribution is -0.309. The third-order valence-corrected chi connectivity index (χ3v) is 3.83. The minimum Gasteiger partial charge on any atom is -0.250 e. The Labute approximate surface area is 73.7 Å². The first kappa shape index (κ1) is 7.44. The number of piperidine rings is 3. The summed E-state index contributed by atoms with van der Waals surface area (Å²) < 4.78 is 21.0. The molecular formula is C7H11NO3S. The fourth-order valence-corrected chi connectivity index (χ4v) is 3.15. The van der Waals surface area contributed by atoms with Gasteiger partial charge in [0.1, 0.15) is 0 Å². The van der Waals surface area contributed by atoms with Crippen molar-refractivity contribution in [2.24, 2.45) is 5.92 Å². The molecule has 0 aromatic rings. The second-order valence-corrected chi connectivity index (χ2v) is 4.46. The van der Waals surface area contributed by atoms with Crippen LogP contribution >= 0.6 is 0 Å². The summed E-state index contributed by atoms with van der Waals surface area (Å²) in [4.78, 5) is 2.16. The highest BCUT2D eigenvalue weighted by Crippen LogP contribution is 2.46. The van der Waals surface area contributed by atoms with Crippen LogP contribution in [0, 0.1) is 5.92 Å². The molecule has 0 aromatic heterocycles. The van der Waals surface area contributed by atoms with Crippen molar-refractivity contribution in [2.75, 3.05) is 13.1 Å². The topological polar surface area (TPSA) is 38.8 Å². The summed E-state index contributed by atoms with van der Waals surface area (Å²) in [6.07, 6.45) is 3.38. The number of hydrogen-bond acceptors (Lipinski definition) is 4. The lowest BCUT2D eigenvalue weighted by atomic mass is 9.86. The van der Waals surface area contributed by atoms with Gasteiger partial charge in [-0.05, 0) is 18.8 Å². The third kappa shape index (κ3) is 0.849. The monoisotopic (exact) mass is 189 g/mol. The van der Waals surface area contributed by atoms with Crippen molar-refractivity contribution in [1.82, 2.24) is 4.90 Å². The van der Waals surface area contributed by atoms with E-state index in [1.54, 1.807) is 0 Å². The van der Waals surface area contributed by atoms with Crippen LogP contribution < -0.4 is 0 Å². The van der Waals surface area contributed by atoms with Crippen molar-refractivity contribution in [3.63, 3.8) is 0 Å². The van der Waals surface area contributed by atoms with Gasteiger partial charge in [0, 0.05) is 19.5 Å². The standard InChI is InChI=1S/C7H11NO3S/c9-12-10-7(11-12)5-6-1-3-8(7)4-2-6/h6H,1-5H2. The van der Waals surface area contributed by atoms with Crippen molar-refractivity contribution >= 4 is 11.4 Å². The van der Waals surface area contributed by atoms with E-state index < -0.39 is 17.3 Å². The van der Waals surface area contributed by atoms with Gasteiger partial charge in [0.2, 0.25) is 0 Å². The molecule has 68 valence electrons. The van der Waals surface area contributed by atoms with Crippen molar-refractivity contribution in [1.29, 1.82) is 0 Å². The van der Waals surface area contributed by atoms with Crippen LogP contribution in [-0.2, 0) is 19.7 Å². The fraction of sp³-hybridized carbons (Fsp3) is 1.00. The summed E-state index contributed by atoms with van der Waals surface area (Å²) in [5.74, 6) is 0.138. The highest BCUT2D eigenvalue weighted by atomic mass is 32.2. The molecule has 5 heteroatoms. The molecule has 0 radical (unpaired) electrons. The number of hydrogen-bond donors (Lipinski definition) is 0. The van der Waals surface area contributed by atoms with Crippen molar-refractivity contribution in [2.45, 2.75) is 25.2 Å². The van der Waals surface area contributed by atoms with E-state index in [0.717, 1.165) is 19.5 Å². The van der Waals surface area contributed by atoms with Gasteiger partial charge in [0.05, 0.1) is 0 Å². The first-order valence-corrected chi connectivity index (χ1v) is 5.34. The van der Waals surface area contributed by atoms with Gasteiger partial charge >= 0.3 is 11.4 Å². The maximum atomic E-state index is 10.7. The molecule has 0 unspecified atom stereocenters. The average molecular weight is 189 g/mol. The summed E-state index contributed by atoms with van der Waals surface area (Å²) in [5.41, 5.74) is 0. The minimum atomic E-state index is -1.47. The molecule has 4 fully saturated rings. The maximum Gasteiger partial charge on any atom is 0.312 e. The predicted octanol–water partition coefficient (Wildman–Crippen LogP) is 0.381. The molecule has 0 atom stereocenters. The van der Waals surface area contributed by atoms with Crippen LogP contribution in [0.4, 0.5) is 0 Å². The molecule has 0 aliphatic carbocycles. The predicted molar refractivity (Wildman–Crippen MR) is 42.0 cm³/mol. The molecule has 4 heterocycles. The fourth-order valence-electron chi connectivity index (χ4n) is 2.36. The van der Waals surface area contributed by atoms with E-state index in [9.17, 15) is 4.21 Å². The van der Waals surface area contributed by atoms with Gasteiger partial charge < -0.3 is 0 Å². The normalized spacial score (nSPS) is 57.2. The highest BCUT2D eigenvalue weighted by Gasteiger charge is 2.57. The van der Waals surface area contributed by atoms with Gasteiger partial charge in [-0.3, -0.25) is 4.90 Å². The van der Waals surface area contributed by atoms with E-state index in [2.05, 4.69) is 4.90 Å². The minimum absolute atomic E-state index is 0.577. The molecule has 4 aliphatic heterocycles. The van der Waals surface area contributed by atoms with Crippen LogP contribution in [0.5, 0.6) is 0 Å². The maximum absolute atomic E-state index is 10.7. The van der Waals surface area contributed by atoms with E-state index in [4.69, 9.17) is 8.37 Å². The summed E-state index contributed by atoms with van der Waals surface area (Å²) in [7, 11) is 0. The summed E-state index contributed by atoms with van der Waals surface area (Å²) >= 11 is -1.47. The molecule has 1 spiro atoms. The quantitative estimate of drug-likeness (QED) is 0.552. The number of rotatable bonds is 0. The molecule has 4 rings (SSSR count). The molecule has 0 saturated carbocycles. The van der Waals surface area contributed by atoms with E-state index in [1.807, 2.05) is 0 Å². The largest absolute Gasteiger partial charge is 0.312 e. The van der Waals surface area contributed by atoms with E-state index >= 15 is 0 Å². The Morgan fingerprint density at radius 1 is 1.33 bits per heavy atom. The van der Waals surface area contributed by atoms with Crippen LogP contribution in [-0.4, -0.2) is 28.1 Å². The Morgan fingerprint density at radius 3 is 2.42 bits per heavy atom. The summed E-state index contributed by atoms with van der Waals surface area (Å²) in [6.45, 7) is 2.06. The van der Waals surface area contributed by atoms with Gasteiger partial charge in [0.15, 0.2) is 0 Å². The summed E-state index contributed by atoms with van der Waals surface area (Å²) in [5, 5.41) is 0. The van der Waals surface area contributed by atoms with Crippen molar-refractivity contribution in [3.05, 3.63) is 0 Å². The Morgan fingerprint density at radius 2 is 2.00 bits per heavy atom. The molecule has 12 heavy (non-hydrogen) atoms. The molecule has 0 N–H and O–H groups in total. The van der Waals surface area contributed by atoms with Crippen molar-refractivity contribution < 1.29 is 12.6 Å². The van der Waals surface area contributed by atoms with Gasteiger partial charge in [-0.15, -0.1) is 0 Å². The van der Waals surface area contributed by atoms with Crippen LogP contribution in [0.15, 0.2) is 0 Å². The number of nitrogens with zero attached hydrogens (tertiary/aromatic N) is 1. The Hall–Kier alpha value is 0.0300. The van der Waals surface area contributed by atoms with Crippen LogP contribution in [0.25, 0.3) is 0 Å². The summed E-state index contributed by atoms with van der Waals surface area (Å²) in [6, 6.07) is 0. The molecule has 2 bridgehead atoms. The van der Waals surface area contributed by atoms with E-state index in [1.165, 1.54) is 12.8 Å². The van der Waals surface area contributed by atoms with Crippen LogP contribution in [0.2, 0.25) is 0 Å². The molecule has 4 aliphatic rings. The lowest BCUT2D eigenvalue weighted by Crippen LogP contribution is -2.66. The third-order valence-electron chi connectivity index (χ3n) is 3.04. The average Bonchev–Trinajstić information content (AvgIpc) is 2.04. The molecule has 4 nitrogen and oxygen atoms in total. The first-order valence-electron chi connectivity index (χ1n) is 4.34. The van der Waals surface area contributed by atoms with Gasteiger partial charge in [0.25, 0.3) is 5.91 Å². The van der Waals surface area contributed by atoms with Crippen LogP contribution in [0.3, 0.4) is 0 Å². The molecule has 0 aromatic carbocycles. The highest BCUT2D eigenvalue weighted by molar-refractivity contribution is 7.76. The van der Waals surface area contributed by atoms with E-state index in [0.29, 0.717) is 5.92 Å². The van der Waals surface area contributed by atoms with Gasteiger partial charge in [-0.1, -0.05) is 0 Å². The second-order valence-electron chi connectivity index (χ2n) is 3.72. The zero-order chi connectivity index (χ0) is 8.18. The van der Waals surface area contributed by atoms with Gasteiger partial charge in [-0.2, -0.15) is 4.21 Å². The first-order chi connectivity index (χ1) is 5.78. The van der Waals surface area contributed by atoms with E-state index in [-0.39, 0.29) is 0 Å². The van der Waals surface area contributed by atoms with Crippen molar-refractivity contribution in [3.8, 4) is 0 Å². The SMILES string of the molecule is O=S1OC2(CC3CCN2CC3)O1. The molecular weight excluding hydrogens is 178 g/mol. The second kappa shape index (κ2) is 2.29. The van der Waals surface area contributed by atoms with Gasteiger partial charge in [-0.25, -0.2) is 8.37 Å². The zero-order valence-electron chi connectivity index (χ0n) is 6.69. The smallest absolute Gasteiger partial charge is 0.250 e. The lowest BCUT2D eigenvalue weighted by Gasteiger charge is -2.54. The van der Waals surface area contributed by atoms with Crippen LogP contribution in [0.1, 0.15) is 19.3 Å². The molecule has 0 amide bonds. The number of fused-ring (bicyclic) bond motifs is 2. The zero-order valence-corrected chi connectivity index (χ0v) is 7.51. The Bertz CT molecular complexity index is 229. The molecule has 4 saturated heterocycles. The Balaban J connectivity index is 1.84. The Kier molecular flexibility index (Phi) is 1.42.